The first-order valence-corrected chi connectivity index (χ1v) is 10.6. The summed E-state index contributed by atoms with van der Waals surface area (Å²) in [4.78, 5) is 17.2. The molecule has 11 nitrogen and oxygen atoms in total. The summed E-state index contributed by atoms with van der Waals surface area (Å²) in [5.41, 5.74) is 8.06. The van der Waals surface area contributed by atoms with E-state index in [0.29, 0.717) is 62.9 Å². The van der Waals surface area contributed by atoms with Gasteiger partial charge in [-0.15, -0.1) is 5.10 Å². The molecule has 11 heteroatoms. The molecule has 35 heavy (non-hydrogen) atoms. The number of fused-ring (bicyclic) bond motifs is 1. The number of rotatable bonds is 8. The van der Waals surface area contributed by atoms with Crippen molar-refractivity contribution < 1.29 is 28.5 Å². The van der Waals surface area contributed by atoms with Crippen LogP contribution in [0.2, 0.25) is 0 Å². The van der Waals surface area contributed by atoms with Crippen LogP contribution in [-0.4, -0.2) is 56.2 Å². The highest BCUT2D eigenvalue weighted by atomic mass is 16.5. The van der Waals surface area contributed by atoms with Crippen LogP contribution in [0.4, 0.5) is 5.95 Å². The predicted octanol–water partition coefficient (Wildman–Crippen LogP) is 2.76. The van der Waals surface area contributed by atoms with Crippen LogP contribution in [0.15, 0.2) is 41.6 Å². The van der Waals surface area contributed by atoms with Gasteiger partial charge in [-0.25, -0.2) is 4.68 Å². The predicted molar refractivity (Wildman–Crippen MR) is 128 cm³/mol. The quantitative estimate of drug-likeness (QED) is 0.498. The van der Waals surface area contributed by atoms with Crippen LogP contribution in [0.25, 0.3) is 11.4 Å². The molecule has 184 valence electrons. The minimum Gasteiger partial charge on any atom is -0.493 e. The van der Waals surface area contributed by atoms with Gasteiger partial charge in [0, 0.05) is 11.3 Å². The zero-order chi connectivity index (χ0) is 25.3. The topological polar surface area (TPSA) is 132 Å². The Hall–Kier alpha value is -4.41. The Kier molecular flexibility index (Phi) is 6.41. The zero-order valence-electron chi connectivity index (χ0n) is 20.3. The SMILES string of the molecule is COc1ccc(-c2nc3n(n2)[C@H](c2cc(OC)c(OC)c(OC)c2)C(C(N)=O)=C(C)N3)cc1OC. The number of nitrogens with one attached hydrogen (secondary N) is 1. The lowest BCUT2D eigenvalue weighted by molar-refractivity contribution is -0.115. The van der Waals surface area contributed by atoms with Gasteiger partial charge >= 0.3 is 0 Å². The van der Waals surface area contributed by atoms with E-state index in [1.807, 2.05) is 6.07 Å². The first-order valence-electron chi connectivity index (χ1n) is 10.6. The lowest BCUT2D eigenvalue weighted by atomic mass is 9.94. The van der Waals surface area contributed by atoms with E-state index in [1.54, 1.807) is 50.1 Å². The lowest BCUT2D eigenvalue weighted by Gasteiger charge is -2.28. The van der Waals surface area contributed by atoms with Crippen LogP contribution < -0.4 is 34.7 Å². The van der Waals surface area contributed by atoms with E-state index in [1.165, 1.54) is 21.3 Å². The van der Waals surface area contributed by atoms with Gasteiger partial charge in [0.15, 0.2) is 28.8 Å². The Morgan fingerprint density at radius 1 is 0.914 bits per heavy atom. The van der Waals surface area contributed by atoms with Gasteiger partial charge in [0.25, 0.3) is 0 Å². The van der Waals surface area contributed by atoms with E-state index in [2.05, 4.69) is 10.3 Å². The fourth-order valence-electron chi connectivity index (χ4n) is 4.14. The second-order valence-corrected chi connectivity index (χ2v) is 7.66. The van der Waals surface area contributed by atoms with E-state index in [9.17, 15) is 4.79 Å². The molecule has 0 fully saturated rings. The number of carbonyl (C=O) groups excluding carboxylic acids is 1. The average molecular weight is 482 g/mol. The normalized spacial score (nSPS) is 14.6. The molecule has 3 aromatic rings. The van der Waals surface area contributed by atoms with E-state index >= 15 is 0 Å². The van der Waals surface area contributed by atoms with Gasteiger partial charge in [-0.1, -0.05) is 0 Å². The van der Waals surface area contributed by atoms with E-state index < -0.39 is 11.9 Å². The number of ether oxygens (including phenoxy) is 5. The molecule has 3 N–H and O–H groups in total. The maximum absolute atomic E-state index is 12.6. The van der Waals surface area contributed by atoms with Crippen molar-refractivity contribution in [3.63, 3.8) is 0 Å². The van der Waals surface area contributed by atoms with Crippen molar-refractivity contribution in [2.24, 2.45) is 5.73 Å². The van der Waals surface area contributed by atoms with Crippen LogP contribution in [0.5, 0.6) is 28.7 Å². The van der Waals surface area contributed by atoms with Gasteiger partial charge < -0.3 is 34.7 Å². The monoisotopic (exact) mass is 481 g/mol. The summed E-state index contributed by atoms with van der Waals surface area (Å²) < 4.78 is 28.8. The molecule has 1 aromatic heterocycles. The number of benzene rings is 2. The second kappa shape index (κ2) is 9.45. The molecule has 2 heterocycles. The molecule has 0 saturated heterocycles. The molecule has 2 aromatic carbocycles. The number of amides is 1. The Morgan fingerprint density at radius 3 is 2.09 bits per heavy atom. The molecule has 0 radical (unpaired) electrons. The van der Waals surface area contributed by atoms with Crippen LogP contribution in [0, 0.1) is 0 Å². The highest BCUT2D eigenvalue weighted by Gasteiger charge is 2.35. The number of methoxy groups -OCH3 is 5. The van der Waals surface area contributed by atoms with Gasteiger partial charge in [-0.2, -0.15) is 4.98 Å². The highest BCUT2D eigenvalue weighted by molar-refractivity contribution is 5.95. The molecule has 0 bridgehead atoms. The third-order valence-corrected chi connectivity index (χ3v) is 5.76. The number of nitrogens with zero attached hydrogens (tertiary/aromatic N) is 3. The van der Waals surface area contributed by atoms with Gasteiger partial charge in [0.1, 0.15) is 6.04 Å². The van der Waals surface area contributed by atoms with Gasteiger partial charge in [-0.3, -0.25) is 4.79 Å². The molecule has 0 spiro atoms. The Balaban J connectivity index is 1.91. The van der Waals surface area contributed by atoms with Crippen molar-refractivity contribution >= 4 is 11.9 Å². The first kappa shape index (κ1) is 23.7. The third kappa shape index (κ3) is 4.05. The third-order valence-electron chi connectivity index (χ3n) is 5.76. The molecule has 1 amide bonds. The summed E-state index contributed by atoms with van der Waals surface area (Å²) in [6.07, 6.45) is 0. The maximum Gasteiger partial charge on any atom is 0.248 e. The van der Waals surface area contributed by atoms with Crippen molar-refractivity contribution in [1.29, 1.82) is 0 Å². The Labute approximate surface area is 202 Å². The number of primary amides is 1. The average Bonchev–Trinajstić information content (AvgIpc) is 3.29. The minimum absolute atomic E-state index is 0.329. The largest absolute Gasteiger partial charge is 0.493 e. The molecule has 1 atom stereocenters. The Morgan fingerprint density at radius 2 is 1.54 bits per heavy atom. The summed E-state index contributed by atoms with van der Waals surface area (Å²) in [7, 11) is 7.69. The van der Waals surface area contributed by atoms with Crippen molar-refractivity contribution in [2.45, 2.75) is 13.0 Å². The van der Waals surface area contributed by atoms with Crippen molar-refractivity contribution in [3.8, 4) is 40.1 Å². The van der Waals surface area contributed by atoms with Gasteiger partial charge in [0.05, 0.1) is 41.1 Å². The number of anilines is 1. The molecule has 0 unspecified atom stereocenters. The van der Waals surface area contributed by atoms with Crippen LogP contribution >= 0.6 is 0 Å². The maximum atomic E-state index is 12.6. The molecular weight excluding hydrogens is 454 g/mol. The number of hydrogen-bond acceptors (Lipinski definition) is 9. The number of nitrogens with two attached hydrogens (primary N) is 1. The van der Waals surface area contributed by atoms with Crippen LogP contribution in [-0.2, 0) is 4.79 Å². The summed E-state index contributed by atoms with van der Waals surface area (Å²) in [5, 5.41) is 7.86. The molecule has 0 aliphatic carbocycles. The van der Waals surface area contributed by atoms with Crippen LogP contribution in [0.3, 0.4) is 0 Å². The second-order valence-electron chi connectivity index (χ2n) is 7.66. The summed E-state index contributed by atoms with van der Waals surface area (Å²) >= 11 is 0. The summed E-state index contributed by atoms with van der Waals surface area (Å²) in [6.45, 7) is 1.76. The van der Waals surface area contributed by atoms with E-state index in [4.69, 9.17) is 34.5 Å². The number of allylic oxidation sites excluding steroid dienone is 1. The summed E-state index contributed by atoms with van der Waals surface area (Å²) in [5.74, 6) is 2.69. The highest BCUT2D eigenvalue weighted by Crippen LogP contribution is 2.44. The Bertz CT molecular complexity index is 1290. The fraction of sp³-hybridized carbons (Fsp3) is 0.292. The van der Waals surface area contributed by atoms with Crippen molar-refractivity contribution in [2.75, 3.05) is 40.9 Å². The first-order chi connectivity index (χ1) is 16.9. The molecule has 1 aliphatic heterocycles. The lowest BCUT2D eigenvalue weighted by Crippen LogP contribution is -2.31. The zero-order valence-corrected chi connectivity index (χ0v) is 20.3. The smallest absolute Gasteiger partial charge is 0.248 e. The number of aromatic nitrogens is 3. The van der Waals surface area contributed by atoms with E-state index in [0.717, 1.165) is 0 Å². The van der Waals surface area contributed by atoms with E-state index in [-0.39, 0.29) is 0 Å². The summed E-state index contributed by atoms with van der Waals surface area (Å²) in [6, 6.07) is 8.20. The molecular formula is C24H27N5O6. The van der Waals surface area contributed by atoms with Gasteiger partial charge in [0.2, 0.25) is 17.6 Å². The molecule has 1 aliphatic rings. The van der Waals surface area contributed by atoms with Crippen LogP contribution in [0.1, 0.15) is 18.5 Å². The number of carbonyl (C=O) groups is 1. The molecule has 4 rings (SSSR count). The molecule has 0 saturated carbocycles. The number of hydrogen-bond donors (Lipinski definition) is 2. The minimum atomic E-state index is -0.696. The van der Waals surface area contributed by atoms with Gasteiger partial charge in [-0.05, 0) is 42.8 Å². The standard InChI is InChI=1S/C24H27N5O6/c1-12-19(22(25)30)20(14-10-17(33-4)21(35-6)18(11-14)34-5)29-24(26-12)27-23(28-29)13-7-8-15(31-2)16(9-13)32-3/h7-11,20H,1-6H3,(H2,25,30)(H,26,27,28)/t20-/m1/s1. The fourth-order valence-corrected chi connectivity index (χ4v) is 4.14. The van der Waals surface area contributed by atoms with Crippen molar-refractivity contribution in [3.05, 3.63) is 47.2 Å². The van der Waals surface area contributed by atoms with Crippen molar-refractivity contribution in [1.82, 2.24) is 14.8 Å².